The Balaban J connectivity index is 2.74. The van der Waals surface area contributed by atoms with Crippen LogP contribution in [0.5, 0.6) is 0 Å². The van der Waals surface area contributed by atoms with Gasteiger partial charge in [0.2, 0.25) is 0 Å². The number of ether oxygens (including phenoxy) is 5. The van der Waals surface area contributed by atoms with Crippen molar-refractivity contribution < 1.29 is 33.6 Å². The van der Waals surface area contributed by atoms with Gasteiger partial charge in [0, 0.05) is 26.2 Å². The Morgan fingerprint density at radius 2 is 1.59 bits per heavy atom. The third-order valence-corrected chi connectivity index (χ3v) is 4.44. The van der Waals surface area contributed by atoms with Gasteiger partial charge in [-0.05, 0) is 19.3 Å². The molecule has 1 aliphatic heterocycles. The summed E-state index contributed by atoms with van der Waals surface area (Å²) >= 11 is 0. The summed E-state index contributed by atoms with van der Waals surface area (Å²) in [5, 5.41) is 9.00. The second-order valence-electron chi connectivity index (χ2n) is 6.92. The molecule has 0 spiro atoms. The molecule has 0 radical (unpaired) electrons. The highest BCUT2D eigenvalue weighted by atomic mass is 16.7. The molecule has 2 unspecified atom stereocenters. The van der Waals surface area contributed by atoms with Crippen LogP contribution < -0.4 is 0 Å². The summed E-state index contributed by atoms with van der Waals surface area (Å²) in [7, 11) is 0. The topological polar surface area (TPSA) is 83.5 Å². The number of carbonyl (C=O) groups is 1. The van der Waals surface area contributed by atoms with Crippen LogP contribution in [0.3, 0.4) is 0 Å². The van der Waals surface area contributed by atoms with Crippen LogP contribution in [0, 0.1) is 0 Å². The van der Waals surface area contributed by atoms with Crippen LogP contribution in [-0.4, -0.2) is 68.7 Å². The van der Waals surface area contributed by atoms with Crippen LogP contribution in [0.1, 0.15) is 65.7 Å². The molecule has 0 aromatic rings. The summed E-state index contributed by atoms with van der Waals surface area (Å²) in [5.41, 5.74) is 0. The average molecular weight is 391 g/mol. The van der Waals surface area contributed by atoms with Crippen LogP contribution in [0.4, 0.5) is 0 Å². The van der Waals surface area contributed by atoms with Gasteiger partial charge in [-0.1, -0.05) is 40.0 Å². The maximum Gasteiger partial charge on any atom is 0.329 e. The lowest BCUT2D eigenvalue weighted by molar-refractivity contribution is -0.274. The standard InChI is InChI=1S/C20H38O7/c1-4-7-10-23-14-17-20(25-12-9-6-3)16(26-15-18(21)22)13-19(27-17)24-11-8-5-2/h16-17,19-20H,4-15H2,1-3H3,(H,21,22)/t16?,17?,19-,20-/m0/s1. The van der Waals surface area contributed by atoms with E-state index in [0.29, 0.717) is 32.8 Å². The van der Waals surface area contributed by atoms with Gasteiger partial charge >= 0.3 is 5.97 Å². The SMILES string of the molecule is CCCCOCC1O[C@H](OCCCC)CC(OCC(=O)O)[C@@H]1OCCCC. The average Bonchev–Trinajstić information content (AvgIpc) is 2.65. The van der Waals surface area contributed by atoms with E-state index in [1.807, 2.05) is 0 Å². The number of hydrogen-bond acceptors (Lipinski definition) is 6. The molecule has 27 heavy (non-hydrogen) atoms. The van der Waals surface area contributed by atoms with Crippen LogP contribution in [0.25, 0.3) is 0 Å². The molecule has 0 aromatic heterocycles. The summed E-state index contributed by atoms with van der Waals surface area (Å²) in [4.78, 5) is 11.0. The number of unbranched alkanes of at least 4 members (excludes halogenated alkanes) is 3. The van der Waals surface area contributed by atoms with E-state index in [2.05, 4.69) is 20.8 Å². The van der Waals surface area contributed by atoms with E-state index in [9.17, 15) is 4.79 Å². The fourth-order valence-corrected chi connectivity index (χ4v) is 2.86. The molecule has 1 saturated heterocycles. The first-order chi connectivity index (χ1) is 13.1. The van der Waals surface area contributed by atoms with Crippen LogP contribution in [0.2, 0.25) is 0 Å². The molecule has 160 valence electrons. The predicted molar refractivity (Wildman–Crippen MR) is 102 cm³/mol. The molecule has 1 rings (SSSR count). The van der Waals surface area contributed by atoms with E-state index >= 15 is 0 Å². The van der Waals surface area contributed by atoms with Crippen molar-refractivity contribution in [2.45, 2.75) is 90.3 Å². The maximum atomic E-state index is 11.0. The maximum absolute atomic E-state index is 11.0. The lowest BCUT2D eigenvalue weighted by atomic mass is 10.0. The molecule has 4 atom stereocenters. The summed E-state index contributed by atoms with van der Waals surface area (Å²) in [6.45, 7) is 8.21. The van der Waals surface area contributed by atoms with E-state index < -0.39 is 18.4 Å². The van der Waals surface area contributed by atoms with Gasteiger partial charge in [0.1, 0.15) is 18.8 Å². The first kappa shape index (κ1) is 24.3. The molecule has 7 heteroatoms. The van der Waals surface area contributed by atoms with Crippen molar-refractivity contribution in [3.63, 3.8) is 0 Å². The predicted octanol–water partition coefficient (Wildman–Crippen LogP) is 3.39. The zero-order valence-corrected chi connectivity index (χ0v) is 17.2. The lowest BCUT2D eigenvalue weighted by Gasteiger charge is -2.41. The molecule has 1 aliphatic rings. The molecule has 0 aliphatic carbocycles. The lowest BCUT2D eigenvalue weighted by Crippen LogP contribution is -2.53. The molecule has 7 nitrogen and oxygen atoms in total. The Morgan fingerprint density at radius 1 is 0.963 bits per heavy atom. The summed E-state index contributed by atoms with van der Waals surface area (Å²) in [6.07, 6.45) is 4.95. The summed E-state index contributed by atoms with van der Waals surface area (Å²) < 4.78 is 29.4. The first-order valence-corrected chi connectivity index (χ1v) is 10.4. The highest BCUT2D eigenvalue weighted by molar-refractivity contribution is 5.68. The monoisotopic (exact) mass is 390 g/mol. The summed E-state index contributed by atoms with van der Waals surface area (Å²) in [5.74, 6) is -0.993. The Hall–Kier alpha value is -0.730. The fraction of sp³-hybridized carbons (Fsp3) is 0.950. The van der Waals surface area contributed by atoms with Gasteiger partial charge in [0.15, 0.2) is 6.29 Å². The van der Waals surface area contributed by atoms with Gasteiger partial charge < -0.3 is 28.8 Å². The van der Waals surface area contributed by atoms with Gasteiger partial charge in [-0.15, -0.1) is 0 Å². The van der Waals surface area contributed by atoms with E-state index in [1.165, 1.54) is 0 Å². The fourth-order valence-electron chi connectivity index (χ4n) is 2.86. The van der Waals surface area contributed by atoms with Gasteiger partial charge in [0.05, 0.1) is 12.7 Å². The van der Waals surface area contributed by atoms with Crippen molar-refractivity contribution in [2.24, 2.45) is 0 Å². The number of carboxylic acids is 1. The minimum Gasteiger partial charge on any atom is -0.480 e. The first-order valence-electron chi connectivity index (χ1n) is 10.4. The van der Waals surface area contributed by atoms with Gasteiger partial charge in [0.25, 0.3) is 0 Å². The van der Waals surface area contributed by atoms with E-state index in [-0.39, 0.29) is 18.8 Å². The third-order valence-electron chi connectivity index (χ3n) is 4.44. The molecule has 0 saturated carbocycles. The van der Waals surface area contributed by atoms with E-state index in [0.717, 1.165) is 38.5 Å². The minimum absolute atomic E-state index is 0.335. The number of rotatable bonds is 16. The second-order valence-corrected chi connectivity index (χ2v) is 6.92. The third kappa shape index (κ3) is 10.4. The molecule has 0 amide bonds. The zero-order valence-electron chi connectivity index (χ0n) is 17.2. The highest BCUT2D eigenvalue weighted by Crippen LogP contribution is 2.27. The Labute approximate surface area is 163 Å². The molecule has 0 aromatic carbocycles. The minimum atomic E-state index is -0.993. The van der Waals surface area contributed by atoms with Crippen molar-refractivity contribution >= 4 is 5.97 Å². The van der Waals surface area contributed by atoms with Crippen LogP contribution in [-0.2, 0) is 28.5 Å². The Kier molecular flexibility index (Phi) is 13.7. The quantitative estimate of drug-likeness (QED) is 0.404. The largest absolute Gasteiger partial charge is 0.480 e. The van der Waals surface area contributed by atoms with Gasteiger partial charge in [-0.25, -0.2) is 4.79 Å². The van der Waals surface area contributed by atoms with Crippen LogP contribution >= 0.6 is 0 Å². The van der Waals surface area contributed by atoms with Gasteiger partial charge in [-0.3, -0.25) is 0 Å². The Bertz CT molecular complexity index is 377. The molecule has 1 heterocycles. The van der Waals surface area contributed by atoms with Crippen molar-refractivity contribution in [2.75, 3.05) is 33.0 Å². The summed E-state index contributed by atoms with van der Waals surface area (Å²) in [6, 6.07) is 0. The van der Waals surface area contributed by atoms with Crippen molar-refractivity contribution in [3.8, 4) is 0 Å². The number of aliphatic carboxylic acids is 1. The Morgan fingerprint density at radius 3 is 2.22 bits per heavy atom. The number of hydrogen-bond donors (Lipinski definition) is 1. The smallest absolute Gasteiger partial charge is 0.329 e. The van der Waals surface area contributed by atoms with Crippen molar-refractivity contribution in [1.82, 2.24) is 0 Å². The van der Waals surface area contributed by atoms with E-state index in [1.54, 1.807) is 0 Å². The molecular formula is C20H38O7. The zero-order chi connectivity index (χ0) is 19.9. The van der Waals surface area contributed by atoms with Crippen molar-refractivity contribution in [1.29, 1.82) is 0 Å². The molecular weight excluding hydrogens is 352 g/mol. The molecule has 0 bridgehead atoms. The normalized spacial score (nSPS) is 25.6. The number of carboxylic acid groups (broad SMARTS) is 1. The molecule has 1 N–H and O–H groups in total. The van der Waals surface area contributed by atoms with Gasteiger partial charge in [-0.2, -0.15) is 0 Å². The second kappa shape index (κ2) is 15.2. The van der Waals surface area contributed by atoms with Crippen molar-refractivity contribution in [3.05, 3.63) is 0 Å². The highest BCUT2D eigenvalue weighted by Gasteiger charge is 2.41. The van der Waals surface area contributed by atoms with E-state index in [4.69, 9.17) is 28.8 Å². The van der Waals surface area contributed by atoms with Crippen LogP contribution in [0.15, 0.2) is 0 Å². The molecule has 1 fully saturated rings.